The highest BCUT2D eigenvalue weighted by Gasteiger charge is 2.69. The van der Waals surface area contributed by atoms with Gasteiger partial charge in [-0.15, -0.1) is 0 Å². The highest BCUT2D eigenvalue weighted by Crippen LogP contribution is 2.70. The predicted octanol–water partition coefficient (Wildman–Crippen LogP) is 3.73. The van der Waals surface area contributed by atoms with Crippen LogP contribution < -0.4 is 0 Å². The SMILES string of the molecule is C[C@H]1O[C@@H]2C[C@@H]3C(CC[C@]4(C)C(=O)CC[C@@H]34)[C@]13CC[C@@](C)(O)CC23. The maximum atomic E-state index is 12.5. The molecule has 1 aliphatic heterocycles. The molecule has 3 heteroatoms. The fourth-order valence-corrected chi connectivity index (χ4v) is 8.21. The number of ether oxygens (including phenoxy) is 1. The van der Waals surface area contributed by atoms with Gasteiger partial charge in [-0.3, -0.25) is 4.79 Å². The van der Waals surface area contributed by atoms with E-state index in [2.05, 4.69) is 13.8 Å². The Bertz CT molecular complexity index is 584. The number of hydrogen-bond donors (Lipinski definition) is 1. The predicted molar refractivity (Wildman–Crippen MR) is 91.4 cm³/mol. The molecule has 4 aliphatic carbocycles. The first-order valence-corrected chi connectivity index (χ1v) is 10.2. The van der Waals surface area contributed by atoms with Crippen LogP contribution >= 0.6 is 0 Å². The van der Waals surface area contributed by atoms with Gasteiger partial charge in [-0.2, -0.15) is 0 Å². The molecule has 134 valence electrons. The lowest BCUT2D eigenvalue weighted by Gasteiger charge is -2.60. The molecule has 1 N–H and O–H groups in total. The zero-order valence-corrected chi connectivity index (χ0v) is 15.4. The minimum Gasteiger partial charge on any atom is -0.390 e. The van der Waals surface area contributed by atoms with Gasteiger partial charge < -0.3 is 9.84 Å². The van der Waals surface area contributed by atoms with Crippen molar-refractivity contribution >= 4 is 5.78 Å². The average molecular weight is 332 g/mol. The second-order valence-corrected chi connectivity index (χ2v) is 10.3. The largest absolute Gasteiger partial charge is 0.390 e. The van der Waals surface area contributed by atoms with Crippen LogP contribution in [0.15, 0.2) is 0 Å². The summed E-state index contributed by atoms with van der Waals surface area (Å²) in [6, 6.07) is 0. The standard InChI is InChI=1S/C21H32O3/c1-12-21-9-8-19(2,23)11-16(21)17(24-12)10-13-14-4-5-18(22)20(14,3)7-6-15(13)21/h12-17,23H,4-11H2,1-3H3/t12-,13+,14+,15?,16?,17-,19-,20+,21+/m1/s1. The molecule has 0 aromatic heterocycles. The molecule has 5 aliphatic rings. The van der Waals surface area contributed by atoms with Crippen LogP contribution in [0.1, 0.15) is 72.1 Å². The van der Waals surface area contributed by atoms with Gasteiger partial charge in [0.25, 0.3) is 0 Å². The van der Waals surface area contributed by atoms with Crippen LogP contribution in [-0.4, -0.2) is 28.7 Å². The number of aliphatic hydroxyl groups is 1. The fourth-order valence-electron chi connectivity index (χ4n) is 8.21. The zero-order valence-electron chi connectivity index (χ0n) is 15.4. The topological polar surface area (TPSA) is 46.5 Å². The van der Waals surface area contributed by atoms with E-state index >= 15 is 0 Å². The van der Waals surface area contributed by atoms with E-state index in [9.17, 15) is 9.90 Å². The van der Waals surface area contributed by atoms with E-state index in [1.165, 1.54) is 6.42 Å². The second-order valence-electron chi connectivity index (χ2n) is 10.3. The van der Waals surface area contributed by atoms with Gasteiger partial charge in [-0.25, -0.2) is 0 Å². The Morgan fingerprint density at radius 1 is 1.08 bits per heavy atom. The minimum absolute atomic E-state index is 0.0481. The first-order valence-electron chi connectivity index (χ1n) is 10.2. The number of fused-ring (bicyclic) bond motifs is 3. The summed E-state index contributed by atoms with van der Waals surface area (Å²) in [5.41, 5.74) is -0.296. The molecular formula is C21H32O3. The third-order valence-corrected chi connectivity index (χ3v) is 9.37. The summed E-state index contributed by atoms with van der Waals surface area (Å²) in [4.78, 5) is 12.5. The molecule has 4 saturated carbocycles. The molecule has 2 bridgehead atoms. The van der Waals surface area contributed by atoms with E-state index in [1.807, 2.05) is 6.92 Å². The average Bonchev–Trinajstić information content (AvgIpc) is 2.91. The van der Waals surface area contributed by atoms with Gasteiger partial charge in [0, 0.05) is 17.3 Å². The number of Topliss-reactive ketones (excluding diaryl/α,β-unsaturated/α-hetero) is 1. The van der Waals surface area contributed by atoms with Crippen molar-refractivity contribution in [2.24, 2.45) is 34.5 Å². The van der Waals surface area contributed by atoms with Crippen LogP contribution in [0.4, 0.5) is 0 Å². The van der Waals surface area contributed by atoms with Gasteiger partial charge >= 0.3 is 0 Å². The van der Waals surface area contributed by atoms with Crippen molar-refractivity contribution < 1.29 is 14.6 Å². The maximum Gasteiger partial charge on any atom is 0.139 e. The summed E-state index contributed by atoms with van der Waals surface area (Å²) >= 11 is 0. The van der Waals surface area contributed by atoms with Gasteiger partial charge in [-0.1, -0.05) is 6.92 Å². The molecule has 24 heavy (non-hydrogen) atoms. The van der Waals surface area contributed by atoms with Crippen molar-refractivity contribution in [1.29, 1.82) is 0 Å². The van der Waals surface area contributed by atoms with E-state index in [0.717, 1.165) is 44.9 Å². The van der Waals surface area contributed by atoms with Crippen LogP contribution in [0.5, 0.6) is 0 Å². The molecule has 0 spiro atoms. The van der Waals surface area contributed by atoms with Crippen molar-refractivity contribution in [3.05, 3.63) is 0 Å². The lowest BCUT2D eigenvalue weighted by atomic mass is 9.43. The molecule has 5 rings (SSSR count). The van der Waals surface area contributed by atoms with Crippen LogP contribution in [0.2, 0.25) is 0 Å². The van der Waals surface area contributed by atoms with Gasteiger partial charge in [-0.05, 0) is 82.5 Å². The molecule has 0 aromatic rings. The maximum absolute atomic E-state index is 12.5. The number of carbonyl (C=O) groups excluding carboxylic acids is 1. The van der Waals surface area contributed by atoms with Crippen molar-refractivity contribution in [3.63, 3.8) is 0 Å². The Balaban J connectivity index is 1.55. The van der Waals surface area contributed by atoms with Gasteiger partial charge in [0.1, 0.15) is 5.78 Å². The number of carbonyl (C=O) groups is 1. The van der Waals surface area contributed by atoms with E-state index in [-0.39, 0.29) is 10.8 Å². The normalized spacial score (nSPS) is 62.1. The van der Waals surface area contributed by atoms with Gasteiger partial charge in [0.05, 0.1) is 17.8 Å². The summed E-state index contributed by atoms with van der Waals surface area (Å²) in [6.07, 6.45) is 8.88. The lowest BCUT2D eigenvalue weighted by molar-refractivity contribution is -0.149. The van der Waals surface area contributed by atoms with E-state index in [0.29, 0.717) is 41.7 Å². The summed E-state index contributed by atoms with van der Waals surface area (Å²) in [5.74, 6) is 3.01. The van der Waals surface area contributed by atoms with Crippen LogP contribution in [0.25, 0.3) is 0 Å². The summed E-state index contributed by atoms with van der Waals surface area (Å²) in [6.45, 7) is 6.57. The quantitative estimate of drug-likeness (QED) is 0.735. The van der Waals surface area contributed by atoms with Crippen LogP contribution in [0, 0.1) is 34.5 Å². The molecule has 9 atom stereocenters. The highest BCUT2D eigenvalue weighted by atomic mass is 16.5. The summed E-state index contributed by atoms with van der Waals surface area (Å²) < 4.78 is 6.52. The summed E-state index contributed by atoms with van der Waals surface area (Å²) in [7, 11) is 0. The third kappa shape index (κ3) is 1.74. The molecule has 1 heterocycles. The number of ketones is 1. The minimum atomic E-state index is -0.515. The first kappa shape index (κ1) is 15.8. The Hall–Kier alpha value is -0.410. The van der Waals surface area contributed by atoms with Crippen molar-refractivity contribution in [2.75, 3.05) is 0 Å². The molecule has 1 saturated heterocycles. The summed E-state index contributed by atoms with van der Waals surface area (Å²) in [5, 5.41) is 10.7. The van der Waals surface area contributed by atoms with Crippen molar-refractivity contribution in [3.8, 4) is 0 Å². The van der Waals surface area contributed by atoms with E-state index in [4.69, 9.17) is 4.74 Å². The van der Waals surface area contributed by atoms with Gasteiger partial charge in [0.15, 0.2) is 0 Å². The van der Waals surface area contributed by atoms with Crippen molar-refractivity contribution in [2.45, 2.75) is 89.9 Å². The molecule has 0 aromatic carbocycles. The van der Waals surface area contributed by atoms with Crippen molar-refractivity contribution in [1.82, 2.24) is 0 Å². The monoisotopic (exact) mass is 332 g/mol. The van der Waals surface area contributed by atoms with Gasteiger partial charge in [0.2, 0.25) is 0 Å². The fraction of sp³-hybridized carbons (Fsp3) is 0.952. The van der Waals surface area contributed by atoms with E-state index < -0.39 is 5.60 Å². The Morgan fingerprint density at radius 2 is 1.88 bits per heavy atom. The smallest absolute Gasteiger partial charge is 0.139 e. The second kappa shape index (κ2) is 4.65. The first-order chi connectivity index (χ1) is 11.3. The zero-order chi connectivity index (χ0) is 16.9. The van der Waals surface area contributed by atoms with E-state index in [1.54, 1.807) is 0 Å². The highest BCUT2D eigenvalue weighted by molar-refractivity contribution is 5.87. The third-order valence-electron chi connectivity index (χ3n) is 9.37. The molecule has 3 nitrogen and oxygen atoms in total. The molecule has 5 fully saturated rings. The van der Waals surface area contributed by atoms with Crippen LogP contribution in [-0.2, 0) is 9.53 Å². The Morgan fingerprint density at radius 3 is 2.67 bits per heavy atom. The molecular weight excluding hydrogens is 300 g/mol. The molecule has 0 radical (unpaired) electrons. The number of rotatable bonds is 0. The number of hydrogen-bond acceptors (Lipinski definition) is 3. The lowest BCUT2D eigenvalue weighted by Crippen LogP contribution is -2.59. The molecule has 0 amide bonds. The Labute approximate surface area is 145 Å². The molecule has 2 unspecified atom stereocenters. The Kier molecular flexibility index (Phi) is 3.06. The van der Waals surface area contributed by atoms with Crippen LogP contribution in [0.3, 0.4) is 0 Å².